The highest BCUT2D eigenvalue weighted by atomic mass is 16.5. The van der Waals surface area contributed by atoms with Crippen LogP contribution >= 0.6 is 0 Å². The second kappa shape index (κ2) is 6.81. The van der Waals surface area contributed by atoms with E-state index in [2.05, 4.69) is 21.5 Å². The molecule has 3 rings (SSSR count). The first-order valence-corrected chi connectivity index (χ1v) is 8.09. The van der Waals surface area contributed by atoms with Crippen molar-refractivity contribution in [2.45, 2.75) is 32.1 Å². The molecule has 1 fully saturated rings. The number of piperidine rings is 1. The highest BCUT2D eigenvalue weighted by Crippen LogP contribution is 2.28. The number of pyridine rings is 1. The molecule has 0 radical (unpaired) electrons. The number of likely N-dealkylation sites (tertiary alicyclic amines) is 1. The van der Waals surface area contributed by atoms with Crippen LogP contribution in [0.1, 0.15) is 47.5 Å². The van der Waals surface area contributed by atoms with E-state index in [0.717, 1.165) is 37.3 Å². The third-order valence-electron chi connectivity index (χ3n) is 4.35. The average molecular weight is 314 g/mol. The topological polar surface area (TPSA) is 71.3 Å². The van der Waals surface area contributed by atoms with E-state index in [1.54, 1.807) is 6.07 Å². The first-order valence-electron chi connectivity index (χ1n) is 8.09. The molecule has 0 bridgehead atoms. The van der Waals surface area contributed by atoms with Gasteiger partial charge in [0.25, 0.3) is 5.91 Å². The zero-order valence-electron chi connectivity index (χ0n) is 13.6. The standard InChI is InChI=1S/C17H22N4O2/c1-3-14-10-15(23-20-14)17(22)21-8-4-5-13(11-21)12-6-7-19-16(9-12)18-2/h6-7,9-10,13H,3-5,8,11H2,1-2H3,(H,18,19). The van der Waals surface area contributed by atoms with Gasteiger partial charge in [-0.1, -0.05) is 12.1 Å². The van der Waals surface area contributed by atoms with Gasteiger partial charge in [-0.3, -0.25) is 4.79 Å². The van der Waals surface area contributed by atoms with Gasteiger partial charge in [-0.25, -0.2) is 4.98 Å². The average Bonchev–Trinajstić information content (AvgIpc) is 3.10. The molecule has 1 atom stereocenters. The molecule has 1 amide bonds. The lowest BCUT2D eigenvalue weighted by atomic mass is 9.91. The zero-order valence-corrected chi connectivity index (χ0v) is 13.6. The second-order valence-electron chi connectivity index (χ2n) is 5.85. The minimum absolute atomic E-state index is 0.0650. The molecule has 0 saturated carbocycles. The van der Waals surface area contributed by atoms with Gasteiger partial charge in [-0.05, 0) is 37.0 Å². The minimum atomic E-state index is -0.0650. The maximum absolute atomic E-state index is 12.6. The number of carbonyl (C=O) groups is 1. The van der Waals surface area contributed by atoms with Crippen LogP contribution in [0.2, 0.25) is 0 Å². The van der Waals surface area contributed by atoms with Crippen LogP contribution in [0.15, 0.2) is 28.9 Å². The summed E-state index contributed by atoms with van der Waals surface area (Å²) in [7, 11) is 1.86. The molecule has 1 aliphatic heterocycles. The van der Waals surface area contributed by atoms with Crippen molar-refractivity contribution in [3.63, 3.8) is 0 Å². The molecule has 2 aromatic rings. The molecule has 6 nitrogen and oxygen atoms in total. The van der Waals surface area contributed by atoms with Crippen molar-refractivity contribution in [2.24, 2.45) is 0 Å². The second-order valence-corrected chi connectivity index (χ2v) is 5.85. The van der Waals surface area contributed by atoms with E-state index in [1.165, 1.54) is 5.56 Å². The highest BCUT2D eigenvalue weighted by molar-refractivity contribution is 5.91. The van der Waals surface area contributed by atoms with Gasteiger partial charge in [-0.15, -0.1) is 0 Å². The SMILES string of the molecule is CCc1cc(C(=O)N2CCCC(c3ccnc(NC)c3)C2)on1. The molecule has 3 heterocycles. The molecular weight excluding hydrogens is 292 g/mol. The Morgan fingerprint density at radius 1 is 1.48 bits per heavy atom. The normalized spacial score (nSPS) is 18.0. The van der Waals surface area contributed by atoms with Gasteiger partial charge in [0.05, 0.1) is 5.69 Å². The lowest BCUT2D eigenvalue weighted by Crippen LogP contribution is -2.39. The zero-order chi connectivity index (χ0) is 16.2. The van der Waals surface area contributed by atoms with E-state index in [9.17, 15) is 4.79 Å². The summed E-state index contributed by atoms with van der Waals surface area (Å²) in [6, 6.07) is 5.84. The molecular formula is C17H22N4O2. The van der Waals surface area contributed by atoms with Gasteiger partial charge in [0, 0.05) is 38.3 Å². The minimum Gasteiger partial charge on any atom is -0.373 e. The van der Waals surface area contributed by atoms with E-state index in [-0.39, 0.29) is 5.91 Å². The van der Waals surface area contributed by atoms with Crippen LogP contribution in [-0.4, -0.2) is 41.1 Å². The van der Waals surface area contributed by atoms with Crippen molar-refractivity contribution < 1.29 is 9.32 Å². The Hall–Kier alpha value is -2.37. The van der Waals surface area contributed by atoms with Crippen LogP contribution in [0, 0.1) is 0 Å². The smallest absolute Gasteiger partial charge is 0.292 e. The van der Waals surface area contributed by atoms with Crippen molar-refractivity contribution in [3.8, 4) is 0 Å². The van der Waals surface area contributed by atoms with Crippen molar-refractivity contribution >= 4 is 11.7 Å². The van der Waals surface area contributed by atoms with Gasteiger partial charge in [0.1, 0.15) is 5.82 Å². The lowest BCUT2D eigenvalue weighted by Gasteiger charge is -2.32. The molecule has 1 aliphatic rings. The molecule has 0 aliphatic carbocycles. The predicted octanol–water partition coefficient (Wildman–Crippen LogP) is 2.69. The van der Waals surface area contributed by atoms with Gasteiger partial charge >= 0.3 is 0 Å². The molecule has 1 saturated heterocycles. The van der Waals surface area contributed by atoms with Crippen molar-refractivity contribution in [1.29, 1.82) is 0 Å². The number of nitrogens with zero attached hydrogens (tertiary/aromatic N) is 3. The van der Waals surface area contributed by atoms with Crippen LogP contribution in [0.4, 0.5) is 5.82 Å². The Balaban J connectivity index is 1.73. The molecule has 0 aromatic carbocycles. The van der Waals surface area contributed by atoms with Crippen LogP contribution in [0.5, 0.6) is 0 Å². The van der Waals surface area contributed by atoms with Crippen LogP contribution < -0.4 is 5.32 Å². The quantitative estimate of drug-likeness (QED) is 0.939. The molecule has 2 aromatic heterocycles. The molecule has 6 heteroatoms. The summed E-state index contributed by atoms with van der Waals surface area (Å²) in [5.74, 6) is 1.46. The van der Waals surface area contributed by atoms with E-state index >= 15 is 0 Å². The third kappa shape index (κ3) is 3.36. The Labute approximate surface area is 135 Å². The number of anilines is 1. The first-order chi connectivity index (χ1) is 11.2. The fraction of sp³-hybridized carbons (Fsp3) is 0.471. The van der Waals surface area contributed by atoms with Gasteiger partial charge < -0.3 is 14.7 Å². The lowest BCUT2D eigenvalue weighted by molar-refractivity contribution is 0.0665. The fourth-order valence-electron chi connectivity index (χ4n) is 3.01. The summed E-state index contributed by atoms with van der Waals surface area (Å²) in [6.45, 7) is 3.46. The van der Waals surface area contributed by atoms with Gasteiger partial charge in [-0.2, -0.15) is 0 Å². The predicted molar refractivity (Wildman–Crippen MR) is 87.5 cm³/mol. The van der Waals surface area contributed by atoms with Crippen LogP contribution in [0.3, 0.4) is 0 Å². The maximum atomic E-state index is 12.6. The molecule has 0 spiro atoms. The Kier molecular flexibility index (Phi) is 4.60. The largest absolute Gasteiger partial charge is 0.373 e. The molecule has 23 heavy (non-hydrogen) atoms. The number of nitrogens with one attached hydrogen (secondary N) is 1. The van der Waals surface area contributed by atoms with Crippen LogP contribution in [0.25, 0.3) is 0 Å². The molecule has 1 N–H and O–H groups in total. The fourth-order valence-corrected chi connectivity index (χ4v) is 3.01. The van der Waals surface area contributed by atoms with Crippen molar-refractivity contribution in [2.75, 3.05) is 25.5 Å². The molecule has 122 valence electrons. The van der Waals surface area contributed by atoms with Gasteiger partial charge in [0.15, 0.2) is 0 Å². The summed E-state index contributed by atoms with van der Waals surface area (Å²) in [5, 5.41) is 6.97. The van der Waals surface area contributed by atoms with E-state index < -0.39 is 0 Å². The number of amides is 1. The summed E-state index contributed by atoms with van der Waals surface area (Å²) in [6.07, 6.45) is 4.64. The maximum Gasteiger partial charge on any atom is 0.292 e. The summed E-state index contributed by atoms with van der Waals surface area (Å²) in [5.41, 5.74) is 2.03. The number of aromatic nitrogens is 2. The van der Waals surface area contributed by atoms with E-state index in [0.29, 0.717) is 18.2 Å². The van der Waals surface area contributed by atoms with Crippen molar-refractivity contribution in [1.82, 2.24) is 15.0 Å². The first kappa shape index (κ1) is 15.5. The third-order valence-corrected chi connectivity index (χ3v) is 4.35. The highest BCUT2D eigenvalue weighted by Gasteiger charge is 2.27. The van der Waals surface area contributed by atoms with Gasteiger partial charge in [0.2, 0.25) is 5.76 Å². The van der Waals surface area contributed by atoms with Crippen molar-refractivity contribution in [3.05, 3.63) is 41.4 Å². The number of carbonyl (C=O) groups excluding carboxylic acids is 1. The Bertz CT molecular complexity index is 683. The Morgan fingerprint density at radius 3 is 3.09 bits per heavy atom. The van der Waals surface area contributed by atoms with E-state index in [1.807, 2.05) is 31.1 Å². The number of hydrogen-bond acceptors (Lipinski definition) is 5. The summed E-state index contributed by atoms with van der Waals surface area (Å²) in [4.78, 5) is 18.7. The molecule has 1 unspecified atom stereocenters. The number of hydrogen-bond donors (Lipinski definition) is 1. The van der Waals surface area contributed by atoms with E-state index in [4.69, 9.17) is 4.52 Å². The summed E-state index contributed by atoms with van der Waals surface area (Å²) >= 11 is 0. The monoisotopic (exact) mass is 314 g/mol. The van der Waals surface area contributed by atoms with Crippen LogP contribution in [-0.2, 0) is 6.42 Å². The number of rotatable bonds is 4. The number of aryl methyl sites for hydroxylation is 1. The summed E-state index contributed by atoms with van der Waals surface area (Å²) < 4.78 is 5.19. The Morgan fingerprint density at radius 2 is 2.35 bits per heavy atom.